The van der Waals surface area contributed by atoms with Gasteiger partial charge in [-0.2, -0.15) is 0 Å². The molecule has 1 saturated heterocycles. The minimum Gasteiger partial charge on any atom is -0.421 e. The third-order valence-electron chi connectivity index (χ3n) is 3.98. The fourth-order valence-electron chi connectivity index (χ4n) is 2.64. The van der Waals surface area contributed by atoms with E-state index in [2.05, 4.69) is 10.2 Å². The third-order valence-corrected chi connectivity index (χ3v) is 3.98. The number of rotatable bonds is 5. The number of nitrogens with two attached hydrogens (primary N) is 1. The van der Waals surface area contributed by atoms with Crippen LogP contribution in [0.5, 0.6) is 0 Å². The van der Waals surface area contributed by atoms with E-state index in [1.807, 2.05) is 30.3 Å². The van der Waals surface area contributed by atoms with E-state index in [-0.39, 0.29) is 24.2 Å². The molecule has 1 aliphatic rings. The SMILES string of the molecule is NC(=O)[C@@H]1CCN(C(=O)CCc2nnc(-c3ccccc3)o2)C1. The molecule has 2 N–H and O–H groups in total. The van der Waals surface area contributed by atoms with Gasteiger partial charge in [-0.3, -0.25) is 9.59 Å². The van der Waals surface area contributed by atoms with Crippen molar-refractivity contribution in [2.24, 2.45) is 11.7 Å². The van der Waals surface area contributed by atoms with Crippen LogP contribution < -0.4 is 5.73 Å². The normalized spacial score (nSPS) is 17.4. The molecule has 0 spiro atoms. The Morgan fingerprint density at radius 3 is 2.74 bits per heavy atom. The van der Waals surface area contributed by atoms with Gasteiger partial charge in [0, 0.05) is 31.5 Å². The Hall–Kier alpha value is -2.70. The lowest BCUT2D eigenvalue weighted by molar-refractivity contribution is -0.130. The minimum absolute atomic E-state index is 0.0202. The molecule has 1 aliphatic heterocycles. The van der Waals surface area contributed by atoms with Crippen molar-refractivity contribution in [2.45, 2.75) is 19.3 Å². The maximum atomic E-state index is 12.1. The van der Waals surface area contributed by atoms with Gasteiger partial charge in [0.15, 0.2) is 0 Å². The molecule has 1 aromatic heterocycles. The number of amides is 2. The van der Waals surface area contributed by atoms with Gasteiger partial charge in [-0.15, -0.1) is 10.2 Å². The standard InChI is InChI=1S/C16H18N4O3/c17-15(22)12-8-9-20(10-12)14(21)7-6-13-18-19-16(23-13)11-4-2-1-3-5-11/h1-5,12H,6-10H2,(H2,17,22)/t12-/m1/s1. The van der Waals surface area contributed by atoms with E-state index in [0.717, 1.165) is 5.56 Å². The number of primary amides is 1. The molecule has 7 heteroatoms. The molecule has 120 valence electrons. The summed E-state index contributed by atoms with van der Waals surface area (Å²) in [7, 11) is 0. The summed E-state index contributed by atoms with van der Waals surface area (Å²) in [6.07, 6.45) is 1.30. The smallest absolute Gasteiger partial charge is 0.247 e. The number of carbonyl (C=O) groups is 2. The molecule has 3 rings (SSSR count). The zero-order valence-corrected chi connectivity index (χ0v) is 12.6. The highest BCUT2D eigenvalue weighted by atomic mass is 16.4. The Labute approximate surface area is 133 Å². The molecule has 0 aliphatic carbocycles. The molecular formula is C16H18N4O3. The first-order valence-electron chi connectivity index (χ1n) is 7.58. The van der Waals surface area contributed by atoms with Crippen molar-refractivity contribution in [3.8, 4) is 11.5 Å². The molecule has 2 aromatic rings. The summed E-state index contributed by atoms with van der Waals surface area (Å²) in [5.74, 6) is 0.288. The van der Waals surface area contributed by atoms with Crippen LogP contribution in [0.1, 0.15) is 18.7 Å². The molecule has 0 saturated carbocycles. The number of nitrogens with zero attached hydrogens (tertiary/aromatic N) is 3. The van der Waals surface area contributed by atoms with Crippen LogP contribution in [0.4, 0.5) is 0 Å². The van der Waals surface area contributed by atoms with Gasteiger partial charge in [-0.25, -0.2) is 0 Å². The van der Waals surface area contributed by atoms with Crippen LogP contribution in [0.25, 0.3) is 11.5 Å². The summed E-state index contributed by atoms with van der Waals surface area (Å²) in [6, 6.07) is 9.47. The van der Waals surface area contributed by atoms with E-state index in [9.17, 15) is 9.59 Å². The van der Waals surface area contributed by atoms with Crippen molar-refractivity contribution < 1.29 is 14.0 Å². The van der Waals surface area contributed by atoms with Crippen molar-refractivity contribution in [1.29, 1.82) is 0 Å². The number of hydrogen-bond acceptors (Lipinski definition) is 5. The first kappa shape index (κ1) is 15.2. The van der Waals surface area contributed by atoms with Gasteiger partial charge in [-0.1, -0.05) is 18.2 Å². The monoisotopic (exact) mass is 314 g/mol. The van der Waals surface area contributed by atoms with Crippen molar-refractivity contribution >= 4 is 11.8 Å². The summed E-state index contributed by atoms with van der Waals surface area (Å²) in [6.45, 7) is 0.985. The minimum atomic E-state index is -0.343. The van der Waals surface area contributed by atoms with E-state index < -0.39 is 0 Å². The van der Waals surface area contributed by atoms with Crippen LogP contribution in [0.3, 0.4) is 0 Å². The number of aryl methyl sites for hydroxylation is 1. The average molecular weight is 314 g/mol. The van der Waals surface area contributed by atoms with Crippen LogP contribution >= 0.6 is 0 Å². The van der Waals surface area contributed by atoms with E-state index in [1.165, 1.54) is 0 Å². The Kier molecular flexibility index (Phi) is 4.36. The molecule has 2 amide bonds. The van der Waals surface area contributed by atoms with Crippen LogP contribution in [-0.2, 0) is 16.0 Å². The van der Waals surface area contributed by atoms with Crippen molar-refractivity contribution in [2.75, 3.05) is 13.1 Å². The third kappa shape index (κ3) is 3.56. The van der Waals surface area contributed by atoms with Gasteiger partial charge >= 0.3 is 0 Å². The van der Waals surface area contributed by atoms with Crippen molar-refractivity contribution in [3.63, 3.8) is 0 Å². The van der Waals surface area contributed by atoms with Gasteiger partial charge < -0.3 is 15.1 Å². The van der Waals surface area contributed by atoms with Crippen molar-refractivity contribution in [3.05, 3.63) is 36.2 Å². The summed E-state index contributed by atoms with van der Waals surface area (Å²) in [5, 5.41) is 7.97. The van der Waals surface area contributed by atoms with Gasteiger partial charge in [0.1, 0.15) is 0 Å². The lowest BCUT2D eigenvalue weighted by Gasteiger charge is -2.15. The van der Waals surface area contributed by atoms with E-state index >= 15 is 0 Å². The predicted octanol–water partition coefficient (Wildman–Crippen LogP) is 1.00. The molecule has 1 aromatic carbocycles. The van der Waals surface area contributed by atoms with Gasteiger partial charge in [0.2, 0.25) is 23.6 Å². The summed E-state index contributed by atoms with van der Waals surface area (Å²) >= 11 is 0. The van der Waals surface area contributed by atoms with Gasteiger partial charge in [0.05, 0.1) is 5.92 Å². The second-order valence-electron chi connectivity index (χ2n) is 5.59. The van der Waals surface area contributed by atoms with Gasteiger partial charge in [-0.05, 0) is 18.6 Å². The second kappa shape index (κ2) is 6.60. The maximum Gasteiger partial charge on any atom is 0.247 e. The molecule has 7 nitrogen and oxygen atoms in total. The molecule has 0 unspecified atom stereocenters. The number of carbonyl (C=O) groups excluding carboxylic acids is 2. The molecular weight excluding hydrogens is 296 g/mol. The Morgan fingerprint density at radius 2 is 2.04 bits per heavy atom. The molecule has 23 heavy (non-hydrogen) atoms. The molecule has 1 fully saturated rings. The second-order valence-corrected chi connectivity index (χ2v) is 5.59. The number of benzene rings is 1. The fraction of sp³-hybridized carbons (Fsp3) is 0.375. The zero-order valence-electron chi connectivity index (χ0n) is 12.6. The first-order valence-corrected chi connectivity index (χ1v) is 7.58. The number of hydrogen-bond donors (Lipinski definition) is 1. The largest absolute Gasteiger partial charge is 0.421 e. The highest BCUT2D eigenvalue weighted by molar-refractivity contribution is 5.81. The fourth-order valence-corrected chi connectivity index (χ4v) is 2.64. The van der Waals surface area contributed by atoms with Gasteiger partial charge in [0.25, 0.3) is 0 Å². The number of likely N-dealkylation sites (tertiary alicyclic amines) is 1. The highest BCUT2D eigenvalue weighted by Gasteiger charge is 2.29. The summed E-state index contributed by atoms with van der Waals surface area (Å²) < 4.78 is 5.58. The zero-order chi connectivity index (χ0) is 16.2. The first-order chi connectivity index (χ1) is 11.1. The molecule has 0 bridgehead atoms. The topological polar surface area (TPSA) is 102 Å². The maximum absolute atomic E-state index is 12.1. The predicted molar refractivity (Wildman–Crippen MR) is 81.9 cm³/mol. The summed E-state index contributed by atoms with van der Waals surface area (Å²) in [4.78, 5) is 25.0. The highest BCUT2D eigenvalue weighted by Crippen LogP contribution is 2.19. The van der Waals surface area contributed by atoms with Crippen molar-refractivity contribution in [1.82, 2.24) is 15.1 Å². The van der Waals surface area contributed by atoms with Crippen LogP contribution in [0.2, 0.25) is 0 Å². The molecule has 2 heterocycles. The average Bonchev–Trinajstić information content (AvgIpc) is 3.23. The quantitative estimate of drug-likeness (QED) is 0.887. The van der Waals surface area contributed by atoms with E-state index in [1.54, 1.807) is 4.90 Å². The summed E-state index contributed by atoms with van der Waals surface area (Å²) in [5.41, 5.74) is 6.12. The molecule has 0 radical (unpaired) electrons. The lowest BCUT2D eigenvalue weighted by Crippen LogP contribution is -2.31. The Balaban J connectivity index is 1.54. The van der Waals surface area contributed by atoms with Crippen LogP contribution in [0, 0.1) is 5.92 Å². The Bertz CT molecular complexity index is 698. The molecule has 1 atom stereocenters. The number of aromatic nitrogens is 2. The van der Waals surface area contributed by atoms with Crippen LogP contribution in [-0.4, -0.2) is 40.0 Å². The van der Waals surface area contributed by atoms with E-state index in [4.69, 9.17) is 10.2 Å². The lowest BCUT2D eigenvalue weighted by atomic mass is 10.1. The Morgan fingerprint density at radius 1 is 1.26 bits per heavy atom. The van der Waals surface area contributed by atoms with Crippen LogP contribution in [0.15, 0.2) is 34.7 Å². The van der Waals surface area contributed by atoms with E-state index in [0.29, 0.717) is 37.7 Å².